The van der Waals surface area contributed by atoms with Crippen molar-refractivity contribution in [2.24, 2.45) is 0 Å². The van der Waals surface area contributed by atoms with Crippen LogP contribution in [-0.4, -0.2) is 16.2 Å². The van der Waals surface area contributed by atoms with E-state index in [0.29, 0.717) is 5.75 Å². The van der Waals surface area contributed by atoms with E-state index >= 15 is 0 Å². The van der Waals surface area contributed by atoms with Gasteiger partial charge in [-0.1, -0.05) is 61.9 Å². The molecule has 0 amide bonds. The maximum atomic E-state index is 10.8. The van der Waals surface area contributed by atoms with Crippen LogP contribution in [0.25, 0.3) is 28.0 Å². The molecule has 0 aromatic heterocycles. The lowest BCUT2D eigenvalue weighted by Gasteiger charge is -2.19. The minimum absolute atomic E-state index is 0.216. The lowest BCUT2D eigenvalue weighted by atomic mass is 9.92. The number of fused-ring (bicyclic) bond motifs is 1. The van der Waals surface area contributed by atoms with Crippen LogP contribution in [0.1, 0.15) is 24.5 Å². The van der Waals surface area contributed by atoms with Crippen LogP contribution in [0.5, 0.6) is 17.2 Å². The summed E-state index contributed by atoms with van der Waals surface area (Å²) in [5, 5.41) is 20.7. The van der Waals surface area contributed by atoms with Gasteiger partial charge in [0.1, 0.15) is 17.2 Å². The van der Waals surface area contributed by atoms with E-state index in [1.54, 1.807) is 18.2 Å². The Hall–Kier alpha value is -4.05. The van der Waals surface area contributed by atoms with Gasteiger partial charge in [0.2, 0.25) is 0 Å². The van der Waals surface area contributed by atoms with Crippen LogP contribution in [0.2, 0.25) is 0 Å². The molecule has 0 heterocycles. The van der Waals surface area contributed by atoms with Crippen molar-refractivity contribution in [2.75, 3.05) is 0 Å². The van der Waals surface area contributed by atoms with Crippen molar-refractivity contribution in [2.45, 2.75) is 19.8 Å². The first-order valence-corrected chi connectivity index (χ1v) is 10.6. The van der Waals surface area contributed by atoms with Crippen LogP contribution >= 0.6 is 0 Å². The number of aromatic hydroxyl groups is 1. The number of rotatable bonds is 7. The Morgan fingerprint density at radius 2 is 1.72 bits per heavy atom. The number of phenols is 1. The Labute approximate surface area is 187 Å². The fraction of sp³-hybridized carbons (Fsp3) is 0.107. The highest BCUT2D eigenvalue weighted by Gasteiger charge is 2.17. The van der Waals surface area contributed by atoms with Crippen LogP contribution in [0.4, 0.5) is 0 Å². The molecular formula is C28H24O4. The normalized spacial score (nSPS) is 11.2. The Balaban J connectivity index is 1.87. The highest BCUT2D eigenvalue weighted by atomic mass is 16.5. The third-order valence-electron chi connectivity index (χ3n) is 5.26. The number of benzene rings is 4. The van der Waals surface area contributed by atoms with E-state index in [9.17, 15) is 9.90 Å². The first kappa shape index (κ1) is 21.2. The molecule has 160 valence electrons. The molecule has 4 aromatic rings. The summed E-state index contributed by atoms with van der Waals surface area (Å²) in [5.41, 5.74) is 4.05. The van der Waals surface area contributed by atoms with Crippen LogP contribution < -0.4 is 4.74 Å². The minimum atomic E-state index is -0.986. The lowest BCUT2D eigenvalue weighted by molar-refractivity contribution is -0.131. The Bertz CT molecular complexity index is 1270. The number of aryl methyl sites for hydroxylation is 1. The monoisotopic (exact) mass is 424 g/mol. The van der Waals surface area contributed by atoms with E-state index < -0.39 is 5.97 Å². The smallest absolute Gasteiger partial charge is 0.328 e. The standard InChI is InChI=1S/C28H24O4/c1-2-6-21-17-22-18-23(29)12-15-25(22)28(27(21)20-7-4-3-5-8-20)32-24-13-9-19(10-14-24)11-16-26(30)31/h3-5,7-18,29H,2,6H2,1H3,(H,30,31)/b16-11+. The second-order valence-electron chi connectivity index (χ2n) is 7.60. The molecular weight excluding hydrogens is 400 g/mol. The Morgan fingerprint density at radius 1 is 0.969 bits per heavy atom. The zero-order chi connectivity index (χ0) is 22.5. The van der Waals surface area contributed by atoms with Crippen LogP contribution in [0, 0.1) is 0 Å². The van der Waals surface area contributed by atoms with Crippen molar-refractivity contribution in [3.05, 3.63) is 96.1 Å². The molecule has 0 unspecified atom stereocenters. The molecule has 0 aliphatic heterocycles. The molecule has 0 radical (unpaired) electrons. The predicted molar refractivity (Wildman–Crippen MR) is 128 cm³/mol. The summed E-state index contributed by atoms with van der Waals surface area (Å²) in [6.07, 6.45) is 4.51. The van der Waals surface area contributed by atoms with Gasteiger partial charge in [-0.15, -0.1) is 0 Å². The van der Waals surface area contributed by atoms with Gasteiger partial charge in [-0.2, -0.15) is 0 Å². The van der Waals surface area contributed by atoms with E-state index in [1.807, 2.05) is 48.5 Å². The summed E-state index contributed by atoms with van der Waals surface area (Å²) in [6.45, 7) is 2.14. The molecule has 32 heavy (non-hydrogen) atoms. The maximum Gasteiger partial charge on any atom is 0.328 e. The molecule has 0 spiro atoms. The number of hydrogen-bond acceptors (Lipinski definition) is 3. The van der Waals surface area contributed by atoms with Gasteiger partial charge in [0.05, 0.1) is 0 Å². The molecule has 0 fully saturated rings. The summed E-state index contributed by atoms with van der Waals surface area (Å²) in [7, 11) is 0. The molecule has 0 aliphatic carbocycles. The second kappa shape index (κ2) is 9.40. The van der Waals surface area contributed by atoms with E-state index in [4.69, 9.17) is 9.84 Å². The largest absolute Gasteiger partial charge is 0.508 e. The van der Waals surface area contributed by atoms with Gasteiger partial charge in [0, 0.05) is 17.0 Å². The minimum Gasteiger partial charge on any atom is -0.508 e. The zero-order valence-corrected chi connectivity index (χ0v) is 17.8. The summed E-state index contributed by atoms with van der Waals surface area (Å²) in [4.78, 5) is 10.8. The molecule has 0 saturated heterocycles. The Kier molecular flexibility index (Phi) is 6.22. The second-order valence-corrected chi connectivity index (χ2v) is 7.60. The van der Waals surface area contributed by atoms with Gasteiger partial charge in [-0.25, -0.2) is 4.79 Å². The summed E-state index contributed by atoms with van der Waals surface area (Å²) >= 11 is 0. The van der Waals surface area contributed by atoms with Gasteiger partial charge in [-0.05, 0) is 64.9 Å². The lowest BCUT2D eigenvalue weighted by Crippen LogP contribution is -1.97. The van der Waals surface area contributed by atoms with Crippen molar-refractivity contribution in [3.63, 3.8) is 0 Å². The molecule has 4 rings (SSSR count). The molecule has 0 aliphatic rings. The number of ether oxygens (including phenoxy) is 1. The van der Waals surface area contributed by atoms with Crippen LogP contribution in [-0.2, 0) is 11.2 Å². The van der Waals surface area contributed by atoms with Crippen molar-refractivity contribution >= 4 is 22.8 Å². The number of carboxylic acids is 1. The van der Waals surface area contributed by atoms with Crippen LogP contribution in [0.3, 0.4) is 0 Å². The third kappa shape index (κ3) is 4.65. The molecule has 0 saturated carbocycles. The van der Waals surface area contributed by atoms with E-state index in [-0.39, 0.29) is 5.75 Å². The van der Waals surface area contributed by atoms with Gasteiger partial charge >= 0.3 is 5.97 Å². The molecule has 0 atom stereocenters. The number of phenolic OH excluding ortho intramolecular Hbond substituents is 1. The Morgan fingerprint density at radius 3 is 2.41 bits per heavy atom. The quantitative estimate of drug-likeness (QED) is 0.312. The van der Waals surface area contributed by atoms with Gasteiger partial charge in [0.25, 0.3) is 0 Å². The summed E-state index contributed by atoms with van der Waals surface area (Å²) in [5.74, 6) is 0.622. The molecule has 4 heteroatoms. The maximum absolute atomic E-state index is 10.8. The fourth-order valence-electron chi connectivity index (χ4n) is 3.84. The summed E-state index contributed by atoms with van der Waals surface area (Å²) in [6, 6.07) is 24.9. The first-order valence-electron chi connectivity index (χ1n) is 10.6. The SMILES string of the molecule is CCCc1cc2cc(O)ccc2c(Oc2ccc(/C=C/C(=O)O)cc2)c1-c1ccccc1. The van der Waals surface area contributed by atoms with Crippen molar-refractivity contribution in [1.82, 2.24) is 0 Å². The number of hydrogen-bond donors (Lipinski definition) is 2. The first-order chi connectivity index (χ1) is 15.5. The average Bonchev–Trinajstić information content (AvgIpc) is 2.79. The van der Waals surface area contributed by atoms with E-state index in [2.05, 4.69) is 25.1 Å². The average molecular weight is 424 g/mol. The topological polar surface area (TPSA) is 66.8 Å². The third-order valence-corrected chi connectivity index (χ3v) is 5.26. The molecule has 4 nitrogen and oxygen atoms in total. The molecule has 4 aromatic carbocycles. The van der Waals surface area contributed by atoms with Gasteiger partial charge < -0.3 is 14.9 Å². The number of carboxylic acid groups (broad SMARTS) is 1. The fourth-order valence-corrected chi connectivity index (χ4v) is 3.84. The van der Waals surface area contributed by atoms with Crippen molar-refractivity contribution in [1.29, 1.82) is 0 Å². The van der Waals surface area contributed by atoms with E-state index in [1.165, 1.54) is 0 Å². The van der Waals surface area contributed by atoms with Gasteiger partial charge in [-0.3, -0.25) is 0 Å². The van der Waals surface area contributed by atoms with E-state index in [0.717, 1.165) is 57.7 Å². The predicted octanol–water partition coefficient (Wildman–Crippen LogP) is 7.06. The van der Waals surface area contributed by atoms with Gasteiger partial charge in [0.15, 0.2) is 0 Å². The molecule has 0 bridgehead atoms. The highest BCUT2D eigenvalue weighted by molar-refractivity contribution is 5.97. The van der Waals surface area contributed by atoms with Crippen molar-refractivity contribution < 1.29 is 19.7 Å². The zero-order valence-electron chi connectivity index (χ0n) is 17.8. The molecule has 2 N–H and O–H groups in total. The summed E-state index contributed by atoms with van der Waals surface area (Å²) < 4.78 is 6.46. The highest BCUT2D eigenvalue weighted by Crippen LogP contribution is 2.43. The van der Waals surface area contributed by atoms with Crippen LogP contribution in [0.15, 0.2) is 84.9 Å². The van der Waals surface area contributed by atoms with Crippen molar-refractivity contribution in [3.8, 4) is 28.4 Å². The number of aliphatic carboxylic acids is 1. The number of carbonyl (C=O) groups is 1.